The number of hydrogen-bond acceptors (Lipinski definition) is 3. The third-order valence-electron chi connectivity index (χ3n) is 3.70. The normalized spacial score (nSPS) is 23.9. The second-order valence-corrected chi connectivity index (χ2v) is 6.13. The van der Waals surface area contributed by atoms with E-state index in [4.69, 9.17) is 0 Å². The number of aromatic amines is 1. The smallest absolute Gasteiger partial charge is 0.255 e. The van der Waals surface area contributed by atoms with Gasteiger partial charge in [0.05, 0.1) is 11.3 Å². The van der Waals surface area contributed by atoms with Gasteiger partial charge in [-0.1, -0.05) is 0 Å². The fourth-order valence-corrected chi connectivity index (χ4v) is 3.33. The monoisotopic (exact) mass is 267 g/mol. The Morgan fingerprint density at radius 1 is 1.33 bits per heavy atom. The fourth-order valence-electron chi connectivity index (χ4n) is 2.59. The minimum atomic E-state index is 0.0198. The molecule has 1 aromatic heterocycles. The molecule has 18 heavy (non-hydrogen) atoms. The highest BCUT2D eigenvalue weighted by atomic mass is 32.2. The Hall–Kier alpha value is -0.970. The first kappa shape index (κ1) is 13.5. The van der Waals surface area contributed by atoms with E-state index in [9.17, 15) is 4.79 Å². The largest absolute Gasteiger partial charge is 0.349 e. The third-order valence-corrected chi connectivity index (χ3v) is 4.84. The molecule has 0 aliphatic heterocycles. The van der Waals surface area contributed by atoms with Crippen molar-refractivity contribution >= 4 is 17.7 Å². The highest BCUT2D eigenvalue weighted by Crippen LogP contribution is 2.27. The van der Waals surface area contributed by atoms with Crippen molar-refractivity contribution in [1.29, 1.82) is 0 Å². The zero-order chi connectivity index (χ0) is 13.1. The number of carbonyl (C=O) groups excluding carboxylic acids is 1. The molecule has 0 aromatic carbocycles. The molecule has 0 bridgehead atoms. The number of thioether (sulfide) groups is 1. The van der Waals surface area contributed by atoms with E-state index in [-0.39, 0.29) is 5.91 Å². The Bertz CT molecular complexity index is 402. The average molecular weight is 267 g/mol. The minimum absolute atomic E-state index is 0.0198. The maximum absolute atomic E-state index is 12.2. The summed E-state index contributed by atoms with van der Waals surface area (Å²) in [5, 5.41) is 10.8. The molecular formula is C13H21N3OS. The lowest BCUT2D eigenvalue weighted by atomic mass is 9.94. The van der Waals surface area contributed by atoms with E-state index in [0.717, 1.165) is 29.5 Å². The number of hydrogen-bond donors (Lipinski definition) is 2. The minimum Gasteiger partial charge on any atom is -0.349 e. The molecule has 0 spiro atoms. The van der Waals surface area contributed by atoms with E-state index in [1.54, 1.807) is 0 Å². The molecule has 1 aromatic rings. The molecule has 2 rings (SSSR count). The zero-order valence-electron chi connectivity index (χ0n) is 11.2. The average Bonchev–Trinajstić information content (AvgIpc) is 2.70. The van der Waals surface area contributed by atoms with Gasteiger partial charge in [0.25, 0.3) is 5.91 Å². The molecule has 1 amide bonds. The van der Waals surface area contributed by atoms with Crippen LogP contribution in [0.2, 0.25) is 0 Å². The van der Waals surface area contributed by atoms with Gasteiger partial charge in [0.2, 0.25) is 0 Å². The van der Waals surface area contributed by atoms with Crippen LogP contribution in [0.15, 0.2) is 0 Å². The van der Waals surface area contributed by atoms with E-state index in [1.165, 1.54) is 12.8 Å². The van der Waals surface area contributed by atoms with Crippen molar-refractivity contribution in [2.75, 3.05) is 6.26 Å². The van der Waals surface area contributed by atoms with Crippen molar-refractivity contribution in [2.24, 2.45) is 0 Å². The van der Waals surface area contributed by atoms with Gasteiger partial charge in [-0.3, -0.25) is 9.89 Å². The second-order valence-electron chi connectivity index (χ2n) is 4.99. The van der Waals surface area contributed by atoms with E-state index in [2.05, 4.69) is 21.8 Å². The first-order valence-electron chi connectivity index (χ1n) is 6.47. The molecule has 1 aliphatic rings. The van der Waals surface area contributed by atoms with Crippen LogP contribution < -0.4 is 5.32 Å². The Balaban J connectivity index is 1.93. The molecule has 0 atom stereocenters. The molecule has 1 aliphatic carbocycles. The van der Waals surface area contributed by atoms with Gasteiger partial charge in [0, 0.05) is 17.0 Å². The van der Waals surface area contributed by atoms with Gasteiger partial charge in [0.15, 0.2) is 0 Å². The molecular weight excluding hydrogens is 246 g/mol. The van der Waals surface area contributed by atoms with Crippen LogP contribution in [-0.4, -0.2) is 33.7 Å². The first-order valence-corrected chi connectivity index (χ1v) is 7.75. The summed E-state index contributed by atoms with van der Waals surface area (Å²) in [6.07, 6.45) is 6.76. The summed E-state index contributed by atoms with van der Waals surface area (Å²) in [5.41, 5.74) is 2.34. The van der Waals surface area contributed by atoms with E-state index >= 15 is 0 Å². The van der Waals surface area contributed by atoms with Gasteiger partial charge in [-0.05, 0) is 45.8 Å². The summed E-state index contributed by atoms with van der Waals surface area (Å²) >= 11 is 1.94. The van der Waals surface area contributed by atoms with Gasteiger partial charge in [-0.25, -0.2) is 0 Å². The lowest BCUT2D eigenvalue weighted by Gasteiger charge is -2.28. The summed E-state index contributed by atoms with van der Waals surface area (Å²) in [6.45, 7) is 3.75. The summed E-state index contributed by atoms with van der Waals surface area (Å²) in [6, 6.07) is 0.328. The predicted molar refractivity (Wildman–Crippen MR) is 75.1 cm³/mol. The predicted octanol–water partition coefficient (Wildman–Crippen LogP) is 2.43. The van der Waals surface area contributed by atoms with Crippen molar-refractivity contribution in [1.82, 2.24) is 15.5 Å². The van der Waals surface area contributed by atoms with Crippen molar-refractivity contribution in [3.63, 3.8) is 0 Å². The van der Waals surface area contributed by atoms with Crippen molar-refractivity contribution in [3.8, 4) is 0 Å². The Morgan fingerprint density at radius 2 is 2.00 bits per heavy atom. The molecule has 0 saturated heterocycles. The molecule has 4 nitrogen and oxygen atoms in total. The topological polar surface area (TPSA) is 57.8 Å². The highest BCUT2D eigenvalue weighted by molar-refractivity contribution is 7.99. The Kier molecular flexibility index (Phi) is 4.32. The van der Waals surface area contributed by atoms with Crippen LogP contribution in [0.5, 0.6) is 0 Å². The molecule has 100 valence electrons. The van der Waals surface area contributed by atoms with E-state index < -0.39 is 0 Å². The summed E-state index contributed by atoms with van der Waals surface area (Å²) in [7, 11) is 0. The van der Waals surface area contributed by atoms with Gasteiger partial charge in [0.1, 0.15) is 0 Å². The lowest BCUT2D eigenvalue weighted by Crippen LogP contribution is -2.38. The van der Waals surface area contributed by atoms with E-state index in [1.807, 2.05) is 25.6 Å². The molecule has 2 N–H and O–H groups in total. The maximum atomic E-state index is 12.2. The maximum Gasteiger partial charge on any atom is 0.255 e. The molecule has 0 radical (unpaired) electrons. The zero-order valence-corrected chi connectivity index (χ0v) is 12.1. The van der Waals surface area contributed by atoms with Crippen molar-refractivity contribution in [2.45, 2.75) is 50.8 Å². The first-order chi connectivity index (χ1) is 8.61. The lowest BCUT2D eigenvalue weighted by molar-refractivity contribution is 0.0927. The summed E-state index contributed by atoms with van der Waals surface area (Å²) < 4.78 is 0. The standard InChI is InChI=1S/C13H21N3OS/c1-8-12(9(2)16-15-8)13(17)14-10-4-6-11(18-3)7-5-10/h10-11H,4-7H2,1-3H3,(H,14,17)(H,15,16). The van der Waals surface area contributed by atoms with Gasteiger partial charge < -0.3 is 5.32 Å². The molecule has 1 saturated carbocycles. The Labute approximate surface area is 112 Å². The quantitative estimate of drug-likeness (QED) is 0.884. The van der Waals surface area contributed by atoms with Crippen molar-refractivity contribution in [3.05, 3.63) is 17.0 Å². The molecule has 5 heteroatoms. The van der Waals surface area contributed by atoms with E-state index in [0.29, 0.717) is 11.6 Å². The van der Waals surface area contributed by atoms with Crippen LogP contribution in [0.3, 0.4) is 0 Å². The van der Waals surface area contributed by atoms with Gasteiger partial charge in [-0.15, -0.1) is 0 Å². The molecule has 0 unspecified atom stereocenters. The van der Waals surface area contributed by atoms with Crippen LogP contribution in [0.25, 0.3) is 0 Å². The van der Waals surface area contributed by atoms with Crippen LogP contribution in [0.1, 0.15) is 47.4 Å². The van der Waals surface area contributed by atoms with Crippen molar-refractivity contribution < 1.29 is 4.79 Å². The molecule has 1 heterocycles. The second kappa shape index (κ2) is 5.78. The number of nitrogens with zero attached hydrogens (tertiary/aromatic N) is 1. The number of rotatable bonds is 3. The number of H-pyrrole nitrogens is 1. The van der Waals surface area contributed by atoms with Crippen LogP contribution >= 0.6 is 11.8 Å². The number of aryl methyl sites for hydroxylation is 2. The SMILES string of the molecule is CSC1CCC(NC(=O)c2c(C)n[nH]c2C)CC1. The Morgan fingerprint density at radius 3 is 2.50 bits per heavy atom. The number of aromatic nitrogens is 2. The highest BCUT2D eigenvalue weighted by Gasteiger charge is 2.23. The number of nitrogens with one attached hydrogen (secondary N) is 2. The van der Waals surface area contributed by atoms with Crippen LogP contribution in [0.4, 0.5) is 0 Å². The number of amides is 1. The fraction of sp³-hybridized carbons (Fsp3) is 0.692. The summed E-state index contributed by atoms with van der Waals surface area (Å²) in [5.74, 6) is 0.0198. The number of carbonyl (C=O) groups is 1. The third kappa shape index (κ3) is 2.88. The van der Waals surface area contributed by atoms with Crippen LogP contribution in [0, 0.1) is 13.8 Å². The summed E-state index contributed by atoms with van der Waals surface area (Å²) in [4.78, 5) is 12.2. The van der Waals surface area contributed by atoms with Gasteiger partial charge >= 0.3 is 0 Å². The van der Waals surface area contributed by atoms with Gasteiger partial charge in [-0.2, -0.15) is 16.9 Å². The molecule has 1 fully saturated rings. The van der Waals surface area contributed by atoms with Crippen LogP contribution in [-0.2, 0) is 0 Å².